The Bertz CT molecular complexity index is 777. The number of aliphatic imine (C=N–C) groups is 1. The molecule has 0 radical (unpaired) electrons. The largest absolute Gasteiger partial charge is 0.497 e. The fourth-order valence-corrected chi connectivity index (χ4v) is 2.97. The molecule has 3 N–H and O–H groups in total. The number of methoxy groups -OCH3 is 2. The van der Waals surface area contributed by atoms with Crippen LogP contribution >= 0.6 is 0 Å². The molecular formula is C22H31N3O3. The second-order valence-corrected chi connectivity index (χ2v) is 6.32. The molecule has 0 spiro atoms. The van der Waals surface area contributed by atoms with Crippen LogP contribution in [0.1, 0.15) is 36.6 Å². The van der Waals surface area contributed by atoms with E-state index in [-0.39, 0.29) is 0 Å². The SMILES string of the molecule is CCNC(=NCc1ccccc1CC)NCC(O)c1cc(OC)ccc1OC. The maximum Gasteiger partial charge on any atom is 0.191 e. The number of rotatable bonds is 9. The predicted octanol–water partition coefficient (Wildman–Crippen LogP) is 3.05. The number of aliphatic hydroxyl groups is 1. The molecule has 2 rings (SSSR count). The van der Waals surface area contributed by atoms with Gasteiger partial charge in [0.1, 0.15) is 11.5 Å². The summed E-state index contributed by atoms with van der Waals surface area (Å²) in [6, 6.07) is 13.7. The van der Waals surface area contributed by atoms with Gasteiger partial charge in [-0.1, -0.05) is 31.2 Å². The Morgan fingerprint density at radius 1 is 1.04 bits per heavy atom. The van der Waals surface area contributed by atoms with E-state index in [1.165, 1.54) is 11.1 Å². The van der Waals surface area contributed by atoms with Gasteiger partial charge in [0.15, 0.2) is 5.96 Å². The number of aryl methyl sites for hydroxylation is 1. The van der Waals surface area contributed by atoms with Crippen LogP contribution in [-0.2, 0) is 13.0 Å². The summed E-state index contributed by atoms with van der Waals surface area (Å²) in [5.41, 5.74) is 3.17. The van der Waals surface area contributed by atoms with E-state index in [0.29, 0.717) is 36.1 Å². The minimum absolute atomic E-state index is 0.296. The molecule has 0 aliphatic rings. The fourth-order valence-electron chi connectivity index (χ4n) is 2.97. The van der Waals surface area contributed by atoms with Crippen molar-refractivity contribution in [3.63, 3.8) is 0 Å². The van der Waals surface area contributed by atoms with E-state index in [1.807, 2.05) is 19.1 Å². The van der Waals surface area contributed by atoms with Crippen molar-refractivity contribution in [1.29, 1.82) is 0 Å². The lowest BCUT2D eigenvalue weighted by atomic mass is 10.1. The molecule has 0 fully saturated rings. The van der Waals surface area contributed by atoms with Crippen LogP contribution in [0.2, 0.25) is 0 Å². The number of hydrogen-bond donors (Lipinski definition) is 3. The lowest BCUT2D eigenvalue weighted by Crippen LogP contribution is -2.39. The molecule has 2 aromatic rings. The number of benzene rings is 2. The molecule has 0 aliphatic heterocycles. The number of guanidine groups is 1. The van der Waals surface area contributed by atoms with Gasteiger partial charge in [-0.2, -0.15) is 0 Å². The van der Waals surface area contributed by atoms with Crippen LogP contribution in [0.5, 0.6) is 11.5 Å². The third kappa shape index (κ3) is 5.89. The topological polar surface area (TPSA) is 75.1 Å². The molecule has 0 saturated heterocycles. The van der Waals surface area contributed by atoms with Crippen molar-refractivity contribution in [2.24, 2.45) is 4.99 Å². The Hall–Kier alpha value is -2.73. The Morgan fingerprint density at radius 3 is 2.43 bits per heavy atom. The van der Waals surface area contributed by atoms with Crippen LogP contribution in [0, 0.1) is 0 Å². The number of ether oxygens (including phenoxy) is 2. The van der Waals surface area contributed by atoms with Gasteiger partial charge in [-0.3, -0.25) is 0 Å². The Morgan fingerprint density at radius 2 is 1.79 bits per heavy atom. The number of nitrogens with one attached hydrogen (secondary N) is 2. The van der Waals surface area contributed by atoms with Crippen molar-refractivity contribution in [3.05, 3.63) is 59.2 Å². The first kappa shape index (κ1) is 21.6. The second-order valence-electron chi connectivity index (χ2n) is 6.32. The van der Waals surface area contributed by atoms with E-state index in [0.717, 1.165) is 13.0 Å². The van der Waals surface area contributed by atoms with Crippen molar-refractivity contribution in [2.75, 3.05) is 27.3 Å². The third-order valence-corrected chi connectivity index (χ3v) is 4.51. The van der Waals surface area contributed by atoms with Crippen LogP contribution in [0.3, 0.4) is 0 Å². The van der Waals surface area contributed by atoms with Crippen LogP contribution in [0.25, 0.3) is 0 Å². The van der Waals surface area contributed by atoms with Gasteiger partial charge in [0.25, 0.3) is 0 Å². The zero-order chi connectivity index (χ0) is 20.4. The molecule has 0 aliphatic carbocycles. The van der Waals surface area contributed by atoms with Gasteiger partial charge in [0.05, 0.1) is 26.9 Å². The smallest absolute Gasteiger partial charge is 0.191 e. The third-order valence-electron chi connectivity index (χ3n) is 4.51. The average molecular weight is 386 g/mol. The van der Waals surface area contributed by atoms with Gasteiger partial charge >= 0.3 is 0 Å². The minimum atomic E-state index is -0.767. The molecule has 6 nitrogen and oxygen atoms in total. The predicted molar refractivity (Wildman–Crippen MR) is 113 cm³/mol. The van der Waals surface area contributed by atoms with E-state index in [2.05, 4.69) is 34.7 Å². The van der Waals surface area contributed by atoms with Crippen LogP contribution in [-0.4, -0.2) is 38.4 Å². The number of nitrogens with zero attached hydrogens (tertiary/aromatic N) is 1. The standard InChI is InChI=1S/C22H31N3O3/c1-5-16-9-7-8-10-17(16)14-24-22(23-6-2)25-15-20(26)19-13-18(27-3)11-12-21(19)28-4/h7-13,20,26H,5-6,14-15H2,1-4H3,(H2,23,24,25). The summed E-state index contributed by atoms with van der Waals surface area (Å²) in [6.07, 6.45) is 0.209. The maximum absolute atomic E-state index is 10.7. The van der Waals surface area contributed by atoms with Crippen molar-refractivity contribution in [2.45, 2.75) is 32.9 Å². The van der Waals surface area contributed by atoms with E-state index in [1.54, 1.807) is 32.4 Å². The zero-order valence-electron chi connectivity index (χ0n) is 17.2. The Balaban J connectivity index is 2.08. The van der Waals surface area contributed by atoms with Crippen LogP contribution in [0.15, 0.2) is 47.5 Å². The first-order valence-corrected chi connectivity index (χ1v) is 9.61. The van der Waals surface area contributed by atoms with Crippen molar-refractivity contribution in [1.82, 2.24) is 10.6 Å². The number of aliphatic hydroxyl groups excluding tert-OH is 1. The molecule has 0 heterocycles. The highest BCUT2D eigenvalue weighted by molar-refractivity contribution is 5.79. The monoisotopic (exact) mass is 385 g/mol. The molecular weight excluding hydrogens is 354 g/mol. The van der Waals surface area contributed by atoms with Gasteiger partial charge in [0, 0.05) is 18.7 Å². The molecule has 1 unspecified atom stereocenters. The van der Waals surface area contributed by atoms with E-state index < -0.39 is 6.10 Å². The van der Waals surface area contributed by atoms with Gasteiger partial charge in [-0.05, 0) is 42.7 Å². The Kier molecular flexibility index (Phi) is 8.62. The van der Waals surface area contributed by atoms with Crippen molar-refractivity contribution in [3.8, 4) is 11.5 Å². The molecule has 0 amide bonds. The summed E-state index contributed by atoms with van der Waals surface area (Å²) in [5, 5.41) is 17.1. The molecule has 6 heteroatoms. The quantitative estimate of drug-likeness (QED) is 0.457. The highest BCUT2D eigenvalue weighted by Crippen LogP contribution is 2.29. The molecule has 2 aromatic carbocycles. The molecule has 0 aromatic heterocycles. The van der Waals surface area contributed by atoms with E-state index in [4.69, 9.17) is 9.47 Å². The highest BCUT2D eigenvalue weighted by Gasteiger charge is 2.15. The lowest BCUT2D eigenvalue weighted by Gasteiger charge is -2.18. The summed E-state index contributed by atoms with van der Waals surface area (Å²) in [4.78, 5) is 4.66. The molecule has 28 heavy (non-hydrogen) atoms. The Labute approximate surface area is 167 Å². The maximum atomic E-state index is 10.7. The average Bonchev–Trinajstić information content (AvgIpc) is 2.75. The molecule has 1 atom stereocenters. The molecule has 0 saturated carbocycles. The second kappa shape index (κ2) is 11.2. The number of hydrogen-bond acceptors (Lipinski definition) is 4. The summed E-state index contributed by atoms with van der Waals surface area (Å²) in [5.74, 6) is 1.95. The molecule has 152 valence electrons. The summed E-state index contributed by atoms with van der Waals surface area (Å²) in [6.45, 7) is 5.77. The summed E-state index contributed by atoms with van der Waals surface area (Å²) < 4.78 is 10.6. The normalized spacial score (nSPS) is 12.4. The van der Waals surface area contributed by atoms with Gasteiger partial charge in [-0.25, -0.2) is 4.99 Å². The minimum Gasteiger partial charge on any atom is -0.497 e. The first-order chi connectivity index (χ1) is 13.6. The van der Waals surface area contributed by atoms with E-state index >= 15 is 0 Å². The molecule has 0 bridgehead atoms. The zero-order valence-corrected chi connectivity index (χ0v) is 17.2. The lowest BCUT2D eigenvalue weighted by molar-refractivity contribution is 0.176. The van der Waals surface area contributed by atoms with Gasteiger partial charge in [0.2, 0.25) is 0 Å². The first-order valence-electron chi connectivity index (χ1n) is 9.61. The van der Waals surface area contributed by atoms with Crippen molar-refractivity contribution >= 4 is 5.96 Å². The fraction of sp³-hybridized carbons (Fsp3) is 0.409. The van der Waals surface area contributed by atoms with E-state index in [9.17, 15) is 5.11 Å². The van der Waals surface area contributed by atoms with Gasteiger partial charge in [-0.15, -0.1) is 0 Å². The highest BCUT2D eigenvalue weighted by atomic mass is 16.5. The van der Waals surface area contributed by atoms with Gasteiger partial charge < -0.3 is 25.2 Å². The van der Waals surface area contributed by atoms with Crippen LogP contribution < -0.4 is 20.1 Å². The summed E-state index contributed by atoms with van der Waals surface area (Å²) in [7, 11) is 3.18. The summed E-state index contributed by atoms with van der Waals surface area (Å²) >= 11 is 0. The van der Waals surface area contributed by atoms with Crippen LogP contribution in [0.4, 0.5) is 0 Å². The van der Waals surface area contributed by atoms with Crippen molar-refractivity contribution < 1.29 is 14.6 Å².